The summed E-state index contributed by atoms with van der Waals surface area (Å²) in [6.07, 6.45) is 0. The van der Waals surface area contributed by atoms with E-state index in [1.54, 1.807) is 0 Å². The van der Waals surface area contributed by atoms with Crippen LogP contribution in [0.3, 0.4) is 0 Å². The molecule has 2 aliphatic carbocycles. The Hall–Kier alpha value is -4.68. The van der Waals surface area contributed by atoms with Gasteiger partial charge in [-0.25, -0.2) is 0 Å². The lowest BCUT2D eigenvalue weighted by atomic mass is 9.88. The first-order valence-corrected chi connectivity index (χ1v) is 13.7. The van der Waals surface area contributed by atoms with E-state index in [2.05, 4.69) is 109 Å². The van der Waals surface area contributed by atoms with Crippen molar-refractivity contribution in [3.8, 4) is 0 Å². The first kappa shape index (κ1) is 20.4. The predicted octanol–water partition coefficient (Wildman–Crippen LogP) is 9.69. The summed E-state index contributed by atoms with van der Waals surface area (Å²) < 4.78 is 0. The second kappa shape index (κ2) is 7.00. The Labute approximate surface area is 218 Å². The van der Waals surface area contributed by atoms with Gasteiger partial charge in [0.25, 0.3) is 0 Å². The molecular formula is C38H24. The molecule has 0 heterocycles. The summed E-state index contributed by atoms with van der Waals surface area (Å²) in [7, 11) is 0. The van der Waals surface area contributed by atoms with E-state index >= 15 is 0 Å². The molecule has 0 bridgehead atoms. The van der Waals surface area contributed by atoms with Crippen LogP contribution in [0.25, 0.3) is 53.9 Å². The molecule has 0 aromatic heterocycles. The molecular weight excluding hydrogens is 456 g/mol. The monoisotopic (exact) mass is 480 g/mol. The number of hydrogen-bond donors (Lipinski definition) is 0. The highest BCUT2D eigenvalue weighted by molar-refractivity contribution is 6.33. The Bertz CT molecular complexity index is 2550. The molecule has 10 rings (SSSR count). The number of fused-ring (bicyclic) bond motifs is 5. The van der Waals surface area contributed by atoms with Gasteiger partial charge in [0, 0.05) is 0 Å². The first-order chi connectivity index (χ1) is 18.9. The highest BCUT2D eigenvalue weighted by atomic mass is 14.2. The summed E-state index contributed by atoms with van der Waals surface area (Å²) in [5.74, 6) is 0. The van der Waals surface area contributed by atoms with Crippen molar-refractivity contribution >= 4 is 53.9 Å². The van der Waals surface area contributed by atoms with Crippen LogP contribution in [0.5, 0.6) is 0 Å². The topological polar surface area (TPSA) is 0 Å². The second-order valence-electron chi connectivity index (χ2n) is 10.4. The fourth-order valence-corrected chi connectivity index (χ4v) is 7.43. The molecule has 8 aromatic rings. The van der Waals surface area contributed by atoms with E-state index in [0.29, 0.717) is 0 Å². The van der Waals surface area contributed by atoms with E-state index < -0.39 is 0 Å². The van der Waals surface area contributed by atoms with E-state index in [9.17, 15) is 0 Å². The first-order valence-electron chi connectivity index (χ1n) is 13.7. The van der Waals surface area contributed by atoms with Crippen LogP contribution in [-0.2, 0) is 0 Å². The van der Waals surface area contributed by atoms with Gasteiger partial charge in [-0.1, -0.05) is 111 Å². The van der Waals surface area contributed by atoms with E-state index in [0.717, 1.165) is 0 Å². The number of hydrogen-bond acceptors (Lipinski definition) is 0. The molecule has 8 aromatic carbocycles. The lowest BCUT2D eigenvalue weighted by Gasteiger charge is -2.14. The zero-order valence-corrected chi connectivity index (χ0v) is 21.4. The highest BCUT2D eigenvalue weighted by Gasteiger charge is 2.18. The van der Waals surface area contributed by atoms with Crippen molar-refractivity contribution in [2.45, 2.75) is 13.8 Å². The van der Waals surface area contributed by atoms with E-state index in [1.807, 2.05) is 13.8 Å². The van der Waals surface area contributed by atoms with Gasteiger partial charge in [-0.2, -0.15) is 0 Å². The van der Waals surface area contributed by atoms with Gasteiger partial charge in [0.2, 0.25) is 0 Å². The minimum atomic E-state index is 1.31. The quantitative estimate of drug-likeness (QED) is 0.150. The van der Waals surface area contributed by atoms with Crippen LogP contribution >= 0.6 is 0 Å². The van der Waals surface area contributed by atoms with Crippen LogP contribution in [0, 0.1) is 41.7 Å². The smallest absolute Gasteiger partial charge is 0.00139 e. The highest BCUT2D eigenvalue weighted by Crippen LogP contribution is 2.43. The fourth-order valence-electron chi connectivity index (χ4n) is 7.43. The van der Waals surface area contributed by atoms with Gasteiger partial charge in [0.1, 0.15) is 0 Å². The number of rotatable bonds is 0. The van der Waals surface area contributed by atoms with Crippen LogP contribution in [0.15, 0.2) is 109 Å². The molecule has 0 fully saturated rings. The Morgan fingerprint density at radius 1 is 0.289 bits per heavy atom. The average Bonchev–Trinajstić information content (AvgIpc) is 3.49. The summed E-state index contributed by atoms with van der Waals surface area (Å²) in [5, 5.41) is 24.7. The van der Waals surface area contributed by atoms with E-state index in [1.165, 1.54) is 95.6 Å². The van der Waals surface area contributed by atoms with E-state index in [-0.39, 0.29) is 0 Å². The van der Waals surface area contributed by atoms with Crippen molar-refractivity contribution in [2.75, 3.05) is 0 Å². The summed E-state index contributed by atoms with van der Waals surface area (Å²) in [4.78, 5) is 0. The lowest BCUT2D eigenvalue weighted by molar-refractivity contribution is 1.49. The van der Waals surface area contributed by atoms with E-state index in [4.69, 9.17) is 0 Å². The van der Waals surface area contributed by atoms with Gasteiger partial charge in [-0.3, -0.25) is 0 Å². The molecule has 2 aliphatic rings. The molecule has 0 unspecified atom stereocenters. The zero-order valence-electron chi connectivity index (χ0n) is 21.4. The SMILES string of the molecule is CC.c1ccc2c(c1)=c1ccc3c4ccc5c6c(ccc(c7ccc=2c1c37)c64)=c1cc2ccccc2cc1=5. The maximum atomic E-state index is 2.39. The molecule has 38 heavy (non-hydrogen) atoms. The van der Waals surface area contributed by atoms with Gasteiger partial charge in [0.05, 0.1) is 0 Å². The van der Waals surface area contributed by atoms with Gasteiger partial charge >= 0.3 is 0 Å². The third-order valence-electron chi connectivity index (χ3n) is 8.88. The van der Waals surface area contributed by atoms with Crippen molar-refractivity contribution in [2.24, 2.45) is 0 Å². The number of benzene rings is 8. The Kier molecular flexibility index (Phi) is 3.75. The minimum absolute atomic E-state index is 1.31. The van der Waals surface area contributed by atoms with Gasteiger partial charge < -0.3 is 0 Å². The molecule has 0 saturated carbocycles. The van der Waals surface area contributed by atoms with Crippen molar-refractivity contribution in [3.05, 3.63) is 151 Å². The molecule has 0 saturated heterocycles. The van der Waals surface area contributed by atoms with Crippen LogP contribution in [-0.4, -0.2) is 0 Å². The van der Waals surface area contributed by atoms with Crippen LogP contribution in [0.1, 0.15) is 13.8 Å². The Balaban J connectivity index is 0.00000104. The molecule has 0 N–H and O–H groups in total. The molecule has 0 amide bonds. The van der Waals surface area contributed by atoms with Crippen molar-refractivity contribution < 1.29 is 0 Å². The summed E-state index contributed by atoms with van der Waals surface area (Å²) in [6, 6.07) is 41.3. The summed E-state index contributed by atoms with van der Waals surface area (Å²) in [5.41, 5.74) is 0. The fraction of sp³-hybridized carbons (Fsp3) is 0.0526. The molecule has 0 spiro atoms. The third kappa shape index (κ3) is 2.24. The van der Waals surface area contributed by atoms with Crippen molar-refractivity contribution in [1.82, 2.24) is 0 Å². The maximum absolute atomic E-state index is 2.39. The van der Waals surface area contributed by atoms with Crippen LogP contribution < -0.4 is 0 Å². The molecule has 0 aliphatic heterocycles. The van der Waals surface area contributed by atoms with Crippen LogP contribution in [0.2, 0.25) is 0 Å². The van der Waals surface area contributed by atoms with Gasteiger partial charge in [-0.15, -0.1) is 0 Å². The third-order valence-corrected chi connectivity index (χ3v) is 8.88. The molecule has 0 radical (unpaired) electrons. The summed E-state index contributed by atoms with van der Waals surface area (Å²) >= 11 is 0. The maximum Gasteiger partial charge on any atom is -0.00139 e. The zero-order chi connectivity index (χ0) is 25.1. The second-order valence-corrected chi connectivity index (χ2v) is 10.4. The molecule has 0 heteroatoms. The lowest BCUT2D eigenvalue weighted by Crippen LogP contribution is -1.89. The Morgan fingerprint density at radius 3 is 1.03 bits per heavy atom. The predicted molar refractivity (Wildman–Crippen MR) is 160 cm³/mol. The largest absolute Gasteiger partial charge is 0.0683 e. The normalized spacial score (nSPS) is 12.5. The Morgan fingerprint density at radius 2 is 0.632 bits per heavy atom. The molecule has 0 nitrogen and oxygen atoms in total. The standard InChI is InChI=1S/C36H18.C2H6/c1-2-6-20-18-32-30-16-14-28-26-12-10-24-22-8-4-3-7-21(22)23-9-11-25(34(26)33(23)24)27-13-15-29(36(30)35(27)28)31(32)17-19(20)5-1;1-2/h1-18H;1-2H3. The van der Waals surface area contributed by atoms with Crippen molar-refractivity contribution in [1.29, 1.82) is 0 Å². The summed E-state index contributed by atoms with van der Waals surface area (Å²) in [6.45, 7) is 4.00. The molecule has 176 valence electrons. The average molecular weight is 481 g/mol. The van der Waals surface area contributed by atoms with Crippen LogP contribution in [0.4, 0.5) is 0 Å². The van der Waals surface area contributed by atoms with Crippen molar-refractivity contribution in [3.63, 3.8) is 0 Å². The van der Waals surface area contributed by atoms with Gasteiger partial charge in [0.15, 0.2) is 0 Å². The minimum Gasteiger partial charge on any atom is -0.0683 e. The molecule has 0 atom stereocenters. The van der Waals surface area contributed by atoms with Gasteiger partial charge in [-0.05, 0) is 108 Å².